The molecule has 6 nitrogen and oxygen atoms in total. The maximum Gasteiger partial charge on any atom is 0.194 e. The van der Waals surface area contributed by atoms with Crippen LogP contribution in [0.1, 0.15) is 44.7 Å². The van der Waals surface area contributed by atoms with Crippen LogP contribution in [0.2, 0.25) is 0 Å². The van der Waals surface area contributed by atoms with Crippen molar-refractivity contribution in [1.29, 1.82) is 0 Å². The van der Waals surface area contributed by atoms with Crippen LogP contribution in [0.25, 0.3) is 0 Å². The number of methoxy groups -OCH3 is 2. The highest BCUT2D eigenvalue weighted by Gasteiger charge is 2.23. The van der Waals surface area contributed by atoms with Crippen LogP contribution in [-0.4, -0.2) is 69.2 Å². The van der Waals surface area contributed by atoms with Crippen LogP contribution in [0.3, 0.4) is 0 Å². The van der Waals surface area contributed by atoms with Gasteiger partial charge in [-0.05, 0) is 67.8 Å². The van der Waals surface area contributed by atoms with Gasteiger partial charge < -0.3 is 24.6 Å². The molecular formula is C24H41IN4O2. The molecule has 1 saturated heterocycles. The Balaban J connectivity index is 0.00000341. The standard InChI is InChI=1S/C24H40N4O2.HI/c1-6-25-24(26-14-19-8-7-10-27(16-19)15-18(2)3)28-11-9-20-12-22(29-4)23(30-5)13-21(20)17-28;/h12-13,18-19H,6-11,14-17H2,1-5H3,(H,25,26);1H. The van der Waals surface area contributed by atoms with Crippen LogP contribution in [0.4, 0.5) is 0 Å². The summed E-state index contributed by atoms with van der Waals surface area (Å²) in [5.41, 5.74) is 2.64. The van der Waals surface area contributed by atoms with E-state index in [0.717, 1.165) is 56.0 Å². The molecule has 3 rings (SSSR count). The van der Waals surface area contributed by atoms with Gasteiger partial charge in [0.25, 0.3) is 0 Å². The largest absolute Gasteiger partial charge is 0.493 e. The predicted octanol–water partition coefficient (Wildman–Crippen LogP) is 4.01. The summed E-state index contributed by atoms with van der Waals surface area (Å²) in [5.74, 6) is 4.04. The number of rotatable bonds is 7. The monoisotopic (exact) mass is 544 g/mol. The minimum Gasteiger partial charge on any atom is -0.493 e. The van der Waals surface area contributed by atoms with Gasteiger partial charge in [0, 0.05) is 39.3 Å². The van der Waals surface area contributed by atoms with Crippen LogP contribution in [0.5, 0.6) is 11.5 Å². The number of hydrogen-bond acceptors (Lipinski definition) is 4. The summed E-state index contributed by atoms with van der Waals surface area (Å²) in [7, 11) is 3.39. The third-order valence-electron chi connectivity index (χ3n) is 6.08. The van der Waals surface area contributed by atoms with Gasteiger partial charge in [0.2, 0.25) is 0 Å². The molecule has 176 valence electrons. The van der Waals surface area contributed by atoms with Crippen molar-refractivity contribution in [3.05, 3.63) is 23.3 Å². The third kappa shape index (κ3) is 7.14. The summed E-state index contributed by atoms with van der Waals surface area (Å²) in [6.45, 7) is 14.0. The molecule has 0 bridgehead atoms. The van der Waals surface area contributed by atoms with Crippen molar-refractivity contribution in [3.63, 3.8) is 0 Å². The fraction of sp³-hybridized carbons (Fsp3) is 0.708. The molecule has 0 aliphatic carbocycles. The Morgan fingerprint density at radius 2 is 1.87 bits per heavy atom. The van der Waals surface area contributed by atoms with Gasteiger partial charge in [-0.25, -0.2) is 0 Å². The maximum atomic E-state index is 5.52. The van der Waals surface area contributed by atoms with E-state index in [4.69, 9.17) is 14.5 Å². The molecule has 0 aromatic heterocycles. The number of likely N-dealkylation sites (tertiary alicyclic amines) is 1. The van der Waals surface area contributed by atoms with Crippen molar-refractivity contribution in [2.75, 3.05) is 53.5 Å². The molecule has 1 fully saturated rings. The van der Waals surface area contributed by atoms with E-state index in [1.54, 1.807) is 14.2 Å². The van der Waals surface area contributed by atoms with Crippen LogP contribution in [-0.2, 0) is 13.0 Å². The minimum absolute atomic E-state index is 0. The third-order valence-corrected chi connectivity index (χ3v) is 6.08. The molecule has 1 N–H and O–H groups in total. The Kier molecular flexibility index (Phi) is 10.7. The van der Waals surface area contributed by atoms with E-state index in [1.165, 1.54) is 43.6 Å². The lowest BCUT2D eigenvalue weighted by Gasteiger charge is -2.34. The molecule has 0 spiro atoms. The number of aliphatic imine (C=N–C) groups is 1. The number of ether oxygens (including phenoxy) is 2. The first-order chi connectivity index (χ1) is 14.5. The molecule has 1 unspecified atom stereocenters. The highest BCUT2D eigenvalue weighted by atomic mass is 127. The second kappa shape index (κ2) is 12.7. The average molecular weight is 545 g/mol. The average Bonchev–Trinajstić information content (AvgIpc) is 2.75. The zero-order valence-corrected chi connectivity index (χ0v) is 22.3. The van der Waals surface area contributed by atoms with Crippen molar-refractivity contribution in [2.24, 2.45) is 16.8 Å². The molecule has 2 aliphatic rings. The summed E-state index contributed by atoms with van der Waals surface area (Å²) < 4.78 is 11.0. The molecule has 1 aromatic rings. The fourth-order valence-corrected chi connectivity index (χ4v) is 4.69. The van der Waals surface area contributed by atoms with Gasteiger partial charge in [-0.3, -0.25) is 4.99 Å². The summed E-state index contributed by atoms with van der Waals surface area (Å²) in [4.78, 5) is 10.1. The number of guanidine groups is 1. The normalized spacial score (nSPS) is 19.6. The molecule has 0 radical (unpaired) electrons. The molecule has 31 heavy (non-hydrogen) atoms. The Labute approximate surface area is 205 Å². The number of nitrogens with zero attached hydrogens (tertiary/aromatic N) is 3. The molecular weight excluding hydrogens is 503 g/mol. The molecule has 1 atom stereocenters. The van der Waals surface area contributed by atoms with E-state index in [1.807, 2.05) is 0 Å². The van der Waals surface area contributed by atoms with Gasteiger partial charge in [0.15, 0.2) is 17.5 Å². The zero-order chi connectivity index (χ0) is 21.5. The molecule has 7 heteroatoms. The smallest absolute Gasteiger partial charge is 0.194 e. The van der Waals surface area contributed by atoms with Gasteiger partial charge in [0.1, 0.15) is 0 Å². The first-order valence-electron chi connectivity index (χ1n) is 11.5. The number of hydrogen-bond donors (Lipinski definition) is 1. The first-order valence-corrected chi connectivity index (χ1v) is 11.5. The van der Waals surface area contributed by atoms with E-state index in [-0.39, 0.29) is 24.0 Å². The van der Waals surface area contributed by atoms with E-state index < -0.39 is 0 Å². The van der Waals surface area contributed by atoms with Crippen molar-refractivity contribution in [2.45, 2.75) is 46.6 Å². The van der Waals surface area contributed by atoms with Gasteiger partial charge in [-0.15, -0.1) is 24.0 Å². The number of fused-ring (bicyclic) bond motifs is 1. The van der Waals surface area contributed by atoms with Crippen LogP contribution in [0.15, 0.2) is 17.1 Å². The van der Waals surface area contributed by atoms with Crippen molar-refractivity contribution in [3.8, 4) is 11.5 Å². The van der Waals surface area contributed by atoms with E-state index >= 15 is 0 Å². The summed E-state index contributed by atoms with van der Waals surface area (Å²) in [5, 5.41) is 3.52. The molecule has 0 saturated carbocycles. The Bertz CT molecular complexity index is 726. The lowest BCUT2D eigenvalue weighted by Crippen LogP contribution is -2.45. The number of benzene rings is 1. The molecule has 2 aliphatic heterocycles. The second-order valence-corrected chi connectivity index (χ2v) is 9.00. The quantitative estimate of drug-likeness (QED) is 0.320. The topological polar surface area (TPSA) is 49.3 Å². The number of piperidine rings is 1. The van der Waals surface area contributed by atoms with E-state index in [0.29, 0.717) is 5.92 Å². The lowest BCUT2D eigenvalue weighted by atomic mass is 9.97. The maximum absolute atomic E-state index is 5.52. The van der Waals surface area contributed by atoms with Crippen LogP contribution >= 0.6 is 24.0 Å². The summed E-state index contributed by atoms with van der Waals surface area (Å²) in [6, 6.07) is 4.25. The Morgan fingerprint density at radius 1 is 1.16 bits per heavy atom. The van der Waals surface area contributed by atoms with E-state index in [2.05, 4.69) is 48.0 Å². The van der Waals surface area contributed by atoms with Crippen molar-refractivity contribution >= 4 is 29.9 Å². The Morgan fingerprint density at radius 3 is 2.52 bits per heavy atom. The van der Waals surface area contributed by atoms with Crippen molar-refractivity contribution < 1.29 is 9.47 Å². The second-order valence-electron chi connectivity index (χ2n) is 9.00. The predicted molar refractivity (Wildman–Crippen MR) is 139 cm³/mol. The molecule has 0 amide bonds. The van der Waals surface area contributed by atoms with Crippen LogP contribution < -0.4 is 14.8 Å². The summed E-state index contributed by atoms with van der Waals surface area (Å²) in [6.07, 6.45) is 3.57. The van der Waals surface area contributed by atoms with Crippen molar-refractivity contribution in [1.82, 2.24) is 15.1 Å². The number of nitrogens with one attached hydrogen (secondary N) is 1. The molecule has 1 aromatic carbocycles. The fourth-order valence-electron chi connectivity index (χ4n) is 4.69. The zero-order valence-electron chi connectivity index (χ0n) is 19.9. The highest BCUT2D eigenvalue weighted by Crippen LogP contribution is 2.33. The van der Waals surface area contributed by atoms with Gasteiger partial charge in [0.05, 0.1) is 14.2 Å². The SMILES string of the molecule is CCNC(=NCC1CCCN(CC(C)C)C1)N1CCc2cc(OC)c(OC)cc2C1.I. The van der Waals surface area contributed by atoms with Gasteiger partial charge >= 0.3 is 0 Å². The van der Waals surface area contributed by atoms with Crippen LogP contribution in [0, 0.1) is 11.8 Å². The first kappa shape index (κ1) is 26.0. The summed E-state index contributed by atoms with van der Waals surface area (Å²) >= 11 is 0. The molecule has 2 heterocycles. The minimum atomic E-state index is 0. The number of halogens is 1. The highest BCUT2D eigenvalue weighted by molar-refractivity contribution is 14.0. The Hall–Kier alpha value is -1.22. The van der Waals surface area contributed by atoms with Gasteiger partial charge in [-0.2, -0.15) is 0 Å². The van der Waals surface area contributed by atoms with E-state index in [9.17, 15) is 0 Å². The lowest BCUT2D eigenvalue weighted by molar-refractivity contribution is 0.161. The van der Waals surface area contributed by atoms with Gasteiger partial charge in [-0.1, -0.05) is 13.8 Å².